The van der Waals surface area contributed by atoms with E-state index in [1.807, 2.05) is 83.4 Å². The maximum absolute atomic E-state index is 13.4. The second-order valence-electron chi connectivity index (χ2n) is 6.47. The smallest absolute Gasteiger partial charge is 0.260 e. The highest BCUT2D eigenvalue weighted by Gasteiger charge is 2.22. The summed E-state index contributed by atoms with van der Waals surface area (Å²) in [7, 11) is 0. The number of hydrogen-bond acceptors (Lipinski definition) is 2. The van der Waals surface area contributed by atoms with Gasteiger partial charge in [-0.3, -0.25) is 4.79 Å². The normalized spacial score (nSPS) is 11.7. The molecule has 0 aliphatic carbocycles. The number of aromatic nitrogens is 1. The van der Waals surface area contributed by atoms with Crippen molar-refractivity contribution in [2.24, 2.45) is 4.99 Å². The van der Waals surface area contributed by atoms with Crippen LogP contribution in [0.1, 0.15) is 17.0 Å². The fourth-order valence-electron chi connectivity index (χ4n) is 3.34. The van der Waals surface area contributed by atoms with E-state index in [1.165, 1.54) is 11.3 Å². The Labute approximate surface area is 177 Å². The largest absolute Gasteiger partial charge is 0.303 e. The number of carbonyl (C=O) groups is 1. The molecule has 0 aliphatic heterocycles. The van der Waals surface area contributed by atoms with Crippen molar-refractivity contribution in [1.29, 1.82) is 0 Å². The molecule has 5 heteroatoms. The van der Waals surface area contributed by atoms with E-state index < -0.39 is 5.92 Å². The molecule has 0 N–H and O–H groups in total. The van der Waals surface area contributed by atoms with E-state index in [2.05, 4.69) is 10.9 Å². The zero-order valence-electron chi connectivity index (χ0n) is 15.5. The molecule has 4 rings (SSSR count). The molecule has 0 atom stereocenters. The summed E-state index contributed by atoms with van der Waals surface area (Å²) in [5, 5.41) is 0.588. The summed E-state index contributed by atoms with van der Waals surface area (Å²) >= 11 is 7.80. The van der Waals surface area contributed by atoms with Gasteiger partial charge in [-0.25, -0.2) is 0 Å². The van der Waals surface area contributed by atoms with E-state index in [4.69, 9.17) is 18.0 Å². The van der Waals surface area contributed by atoms with Crippen molar-refractivity contribution in [2.75, 3.05) is 0 Å². The van der Waals surface area contributed by atoms with Gasteiger partial charge in [0.2, 0.25) is 0 Å². The first-order valence-electron chi connectivity index (χ1n) is 9.09. The number of fused-ring (bicyclic) bond motifs is 1. The minimum absolute atomic E-state index is 0.240. The van der Waals surface area contributed by atoms with Gasteiger partial charge in [0.15, 0.2) is 4.80 Å². The van der Waals surface area contributed by atoms with Gasteiger partial charge >= 0.3 is 0 Å². The summed E-state index contributed by atoms with van der Waals surface area (Å²) in [6.07, 6.45) is 5.57. The standard InChI is InChI=1S/C24H17ClN2OS/c1-2-16-27-22-19(25)14-9-15-20(22)29-24(27)26-23(28)21(17-10-5-3-6-11-17)18-12-7-4-8-13-18/h1,3-15,21H,16H2. The van der Waals surface area contributed by atoms with E-state index >= 15 is 0 Å². The van der Waals surface area contributed by atoms with Crippen LogP contribution in [0.3, 0.4) is 0 Å². The molecule has 1 aromatic heterocycles. The number of nitrogens with zero attached hydrogens (tertiary/aromatic N) is 2. The van der Waals surface area contributed by atoms with Crippen LogP contribution in [0, 0.1) is 12.3 Å². The van der Waals surface area contributed by atoms with E-state index in [-0.39, 0.29) is 12.5 Å². The second-order valence-corrected chi connectivity index (χ2v) is 7.88. The van der Waals surface area contributed by atoms with Crippen LogP contribution in [0.4, 0.5) is 0 Å². The Bertz CT molecular complexity index is 1230. The first-order valence-corrected chi connectivity index (χ1v) is 10.3. The van der Waals surface area contributed by atoms with Gasteiger partial charge in [-0.05, 0) is 23.3 Å². The topological polar surface area (TPSA) is 34.4 Å². The summed E-state index contributed by atoms with van der Waals surface area (Å²) in [5.74, 6) is 1.91. The molecule has 4 aromatic rings. The lowest BCUT2D eigenvalue weighted by molar-refractivity contribution is -0.118. The summed E-state index contributed by atoms with van der Waals surface area (Å²) < 4.78 is 2.77. The van der Waals surface area contributed by atoms with Crippen LogP contribution in [0.5, 0.6) is 0 Å². The molecule has 0 fully saturated rings. The Morgan fingerprint density at radius 1 is 1.00 bits per heavy atom. The molecule has 0 spiro atoms. The molecule has 1 heterocycles. The minimum Gasteiger partial charge on any atom is -0.303 e. The number of terminal acetylenes is 1. The van der Waals surface area contributed by atoms with Crippen LogP contribution in [0.2, 0.25) is 5.02 Å². The molecule has 0 unspecified atom stereocenters. The lowest BCUT2D eigenvalue weighted by atomic mass is 9.91. The number of halogens is 1. The Hall–Kier alpha value is -3.13. The average molecular weight is 417 g/mol. The van der Waals surface area contributed by atoms with Crippen molar-refractivity contribution in [2.45, 2.75) is 12.5 Å². The van der Waals surface area contributed by atoms with Gasteiger partial charge in [0, 0.05) is 0 Å². The SMILES string of the molecule is C#CCn1c(=NC(=O)C(c2ccccc2)c2ccccc2)sc2cccc(Cl)c21. The predicted octanol–water partition coefficient (Wildman–Crippen LogP) is 5.25. The van der Waals surface area contributed by atoms with Crippen molar-refractivity contribution >= 4 is 39.1 Å². The molecule has 3 aromatic carbocycles. The highest BCUT2D eigenvalue weighted by atomic mass is 35.5. The molecule has 0 saturated heterocycles. The van der Waals surface area contributed by atoms with Gasteiger partial charge in [-0.2, -0.15) is 4.99 Å². The van der Waals surface area contributed by atoms with E-state index in [0.717, 1.165) is 21.3 Å². The molecular formula is C24H17ClN2OS. The first-order chi connectivity index (χ1) is 14.2. The van der Waals surface area contributed by atoms with Crippen molar-refractivity contribution in [3.05, 3.63) is 99.8 Å². The molecule has 142 valence electrons. The van der Waals surface area contributed by atoms with Gasteiger partial charge in [-0.15, -0.1) is 6.42 Å². The van der Waals surface area contributed by atoms with Crippen LogP contribution < -0.4 is 4.80 Å². The van der Waals surface area contributed by atoms with Gasteiger partial charge in [0.25, 0.3) is 5.91 Å². The lowest BCUT2D eigenvalue weighted by Gasteiger charge is -2.14. The minimum atomic E-state index is -0.489. The molecule has 0 aliphatic rings. The summed E-state index contributed by atoms with van der Waals surface area (Å²) in [6.45, 7) is 0.289. The van der Waals surface area contributed by atoms with Gasteiger partial charge < -0.3 is 4.57 Å². The maximum Gasteiger partial charge on any atom is 0.260 e. The van der Waals surface area contributed by atoms with E-state index in [9.17, 15) is 4.79 Å². The highest BCUT2D eigenvalue weighted by molar-refractivity contribution is 7.16. The van der Waals surface area contributed by atoms with Crippen LogP contribution in [-0.2, 0) is 11.3 Å². The quantitative estimate of drug-likeness (QED) is 0.418. The van der Waals surface area contributed by atoms with E-state index in [1.54, 1.807) is 0 Å². The maximum atomic E-state index is 13.4. The third-order valence-electron chi connectivity index (χ3n) is 4.62. The number of rotatable bonds is 4. The number of benzene rings is 3. The Morgan fingerprint density at radius 2 is 1.62 bits per heavy atom. The van der Waals surface area contributed by atoms with Crippen molar-refractivity contribution in [3.63, 3.8) is 0 Å². The molecule has 3 nitrogen and oxygen atoms in total. The fraction of sp³-hybridized carbons (Fsp3) is 0.0833. The predicted molar refractivity (Wildman–Crippen MR) is 119 cm³/mol. The fourth-order valence-corrected chi connectivity index (χ4v) is 4.73. The lowest BCUT2D eigenvalue weighted by Crippen LogP contribution is -2.20. The first kappa shape index (κ1) is 19.2. The third-order valence-corrected chi connectivity index (χ3v) is 5.97. The number of hydrogen-bond donors (Lipinski definition) is 0. The Balaban J connectivity index is 1.88. The summed E-state index contributed by atoms with van der Waals surface area (Å²) in [5.41, 5.74) is 2.60. The highest BCUT2D eigenvalue weighted by Crippen LogP contribution is 2.27. The molecule has 1 amide bonds. The number of thiazole rings is 1. The molecule has 0 radical (unpaired) electrons. The van der Waals surface area contributed by atoms with Crippen LogP contribution in [0.25, 0.3) is 10.2 Å². The van der Waals surface area contributed by atoms with Crippen LogP contribution in [-0.4, -0.2) is 10.5 Å². The molecule has 0 saturated carbocycles. The second kappa shape index (κ2) is 8.48. The number of carbonyl (C=O) groups excluding carboxylic acids is 1. The third kappa shape index (κ3) is 3.88. The molecule has 29 heavy (non-hydrogen) atoms. The van der Waals surface area contributed by atoms with Gasteiger partial charge in [0.05, 0.1) is 27.7 Å². The monoisotopic (exact) mass is 416 g/mol. The van der Waals surface area contributed by atoms with Crippen LogP contribution >= 0.6 is 22.9 Å². The van der Waals surface area contributed by atoms with Crippen molar-refractivity contribution < 1.29 is 4.79 Å². The zero-order valence-corrected chi connectivity index (χ0v) is 17.0. The summed E-state index contributed by atoms with van der Waals surface area (Å²) in [4.78, 5) is 18.4. The van der Waals surface area contributed by atoms with Crippen LogP contribution in [0.15, 0.2) is 83.9 Å². The summed E-state index contributed by atoms with van der Waals surface area (Å²) in [6, 6.07) is 25.0. The Kier molecular flexibility index (Phi) is 5.62. The molecular weight excluding hydrogens is 400 g/mol. The van der Waals surface area contributed by atoms with E-state index in [0.29, 0.717) is 9.82 Å². The zero-order chi connectivity index (χ0) is 20.2. The number of amides is 1. The average Bonchev–Trinajstić information content (AvgIpc) is 3.08. The van der Waals surface area contributed by atoms with Gasteiger partial charge in [-0.1, -0.05) is 95.6 Å². The number of para-hydroxylation sites is 1. The Morgan fingerprint density at radius 3 is 2.21 bits per heavy atom. The van der Waals surface area contributed by atoms with Crippen molar-refractivity contribution in [1.82, 2.24) is 4.57 Å². The van der Waals surface area contributed by atoms with Crippen molar-refractivity contribution in [3.8, 4) is 12.3 Å². The van der Waals surface area contributed by atoms with Gasteiger partial charge in [0.1, 0.15) is 0 Å². The molecule has 0 bridgehead atoms.